The predicted octanol–water partition coefficient (Wildman–Crippen LogP) is 2.33. The zero-order valence-corrected chi connectivity index (χ0v) is 13.5. The van der Waals surface area contributed by atoms with E-state index in [9.17, 15) is 13.6 Å². The quantitative estimate of drug-likeness (QED) is 0.927. The molecule has 1 aromatic rings. The second-order valence-corrected chi connectivity index (χ2v) is 6.76. The second kappa shape index (κ2) is 6.45. The van der Waals surface area contributed by atoms with Crippen LogP contribution in [0, 0.1) is 5.92 Å². The summed E-state index contributed by atoms with van der Waals surface area (Å²) in [5, 5.41) is 7.17. The van der Waals surface area contributed by atoms with Crippen LogP contribution >= 0.6 is 0 Å². The number of carbonyl (C=O) groups excluding carboxylic acids is 1. The summed E-state index contributed by atoms with van der Waals surface area (Å²) in [5.41, 5.74) is 0. The smallest absolute Gasteiger partial charge is 0.248 e. The number of hydrogen-bond donors (Lipinski definition) is 1. The van der Waals surface area contributed by atoms with Gasteiger partial charge in [-0.1, -0.05) is 0 Å². The van der Waals surface area contributed by atoms with Gasteiger partial charge in [0.1, 0.15) is 5.82 Å². The summed E-state index contributed by atoms with van der Waals surface area (Å²) in [6.45, 7) is 1.63. The number of nitrogens with one attached hydrogen (secondary N) is 1. The minimum absolute atomic E-state index is 0.0155. The highest BCUT2D eigenvalue weighted by atomic mass is 19.3. The first kappa shape index (κ1) is 16.2. The van der Waals surface area contributed by atoms with Gasteiger partial charge in [0, 0.05) is 51.0 Å². The number of anilines is 1. The number of halogens is 2. The standard InChI is InChI=1S/C16H24F2N4O/c1-21-14(6-8-19-21)22-9-3-5-13(11-22)20-15(23)12-4-2-7-16(17,18)10-12/h6,8,12-13H,2-5,7,9-11H2,1H3,(H,20,23)/t12-,13+/m0/s1. The molecule has 0 radical (unpaired) electrons. The Bertz CT molecular complexity index is 560. The first-order chi connectivity index (χ1) is 10.9. The molecule has 5 nitrogen and oxygen atoms in total. The van der Waals surface area contributed by atoms with Crippen molar-refractivity contribution in [1.29, 1.82) is 0 Å². The van der Waals surface area contributed by atoms with E-state index in [2.05, 4.69) is 15.3 Å². The molecular formula is C16H24F2N4O. The summed E-state index contributed by atoms with van der Waals surface area (Å²) in [6, 6.07) is 1.97. The lowest BCUT2D eigenvalue weighted by molar-refractivity contribution is -0.133. The topological polar surface area (TPSA) is 50.2 Å². The molecule has 1 N–H and O–H groups in total. The van der Waals surface area contributed by atoms with E-state index in [0.29, 0.717) is 19.4 Å². The van der Waals surface area contributed by atoms with Gasteiger partial charge in [-0.2, -0.15) is 5.10 Å². The molecule has 0 aromatic carbocycles. The molecular weight excluding hydrogens is 302 g/mol. The van der Waals surface area contributed by atoms with E-state index in [1.54, 1.807) is 6.20 Å². The minimum atomic E-state index is -2.69. The van der Waals surface area contributed by atoms with Crippen LogP contribution in [0.1, 0.15) is 38.5 Å². The lowest BCUT2D eigenvalue weighted by Crippen LogP contribution is -2.50. The van der Waals surface area contributed by atoms with Crippen molar-refractivity contribution in [2.45, 2.75) is 50.5 Å². The van der Waals surface area contributed by atoms with Gasteiger partial charge in [0.2, 0.25) is 11.8 Å². The molecule has 23 heavy (non-hydrogen) atoms. The van der Waals surface area contributed by atoms with E-state index in [4.69, 9.17) is 0 Å². The summed E-state index contributed by atoms with van der Waals surface area (Å²) < 4.78 is 28.8. The molecule has 7 heteroatoms. The third-order valence-corrected chi connectivity index (χ3v) is 4.90. The van der Waals surface area contributed by atoms with Crippen molar-refractivity contribution in [2.75, 3.05) is 18.0 Å². The number of nitrogens with zero attached hydrogens (tertiary/aromatic N) is 3. The van der Waals surface area contributed by atoms with Gasteiger partial charge in [-0.3, -0.25) is 9.48 Å². The van der Waals surface area contributed by atoms with Gasteiger partial charge in [-0.25, -0.2) is 8.78 Å². The summed E-state index contributed by atoms with van der Waals surface area (Å²) in [4.78, 5) is 14.5. The molecule has 1 aliphatic carbocycles. The zero-order valence-electron chi connectivity index (χ0n) is 13.5. The van der Waals surface area contributed by atoms with Gasteiger partial charge >= 0.3 is 0 Å². The maximum absolute atomic E-state index is 13.5. The van der Waals surface area contributed by atoms with Gasteiger partial charge in [0.15, 0.2) is 0 Å². The summed E-state index contributed by atoms with van der Waals surface area (Å²) >= 11 is 0. The fourth-order valence-electron chi connectivity index (χ4n) is 3.69. The molecule has 1 saturated carbocycles. The molecule has 2 aliphatic rings. The highest BCUT2D eigenvalue weighted by Crippen LogP contribution is 2.36. The van der Waals surface area contributed by atoms with Crippen LogP contribution in [0.3, 0.4) is 0 Å². The molecule has 128 valence electrons. The number of amides is 1. The number of alkyl halides is 2. The lowest BCUT2D eigenvalue weighted by atomic mass is 9.85. The molecule has 2 fully saturated rings. The fraction of sp³-hybridized carbons (Fsp3) is 0.750. The van der Waals surface area contributed by atoms with Crippen molar-refractivity contribution in [3.05, 3.63) is 12.3 Å². The fourth-order valence-corrected chi connectivity index (χ4v) is 3.69. The summed E-state index contributed by atoms with van der Waals surface area (Å²) in [7, 11) is 1.89. The van der Waals surface area contributed by atoms with Crippen molar-refractivity contribution < 1.29 is 13.6 Å². The molecule has 1 aromatic heterocycles. The molecule has 0 bridgehead atoms. The molecule has 2 atom stereocenters. The van der Waals surface area contributed by atoms with E-state index in [0.717, 1.165) is 25.2 Å². The monoisotopic (exact) mass is 326 g/mol. The number of carbonyl (C=O) groups is 1. The van der Waals surface area contributed by atoms with Crippen LogP contribution in [0.5, 0.6) is 0 Å². The van der Waals surface area contributed by atoms with Gasteiger partial charge in [0.05, 0.1) is 6.20 Å². The number of aromatic nitrogens is 2. The highest BCUT2D eigenvalue weighted by molar-refractivity contribution is 5.79. The highest BCUT2D eigenvalue weighted by Gasteiger charge is 2.39. The van der Waals surface area contributed by atoms with Crippen LogP contribution in [-0.4, -0.2) is 40.7 Å². The molecule has 0 unspecified atom stereocenters. The first-order valence-electron chi connectivity index (χ1n) is 8.36. The number of piperidine rings is 1. The van der Waals surface area contributed by atoms with E-state index in [1.807, 2.05) is 17.8 Å². The predicted molar refractivity (Wildman–Crippen MR) is 83.5 cm³/mol. The molecule has 1 amide bonds. The van der Waals surface area contributed by atoms with Crippen molar-refractivity contribution in [3.63, 3.8) is 0 Å². The van der Waals surface area contributed by atoms with E-state index < -0.39 is 11.8 Å². The SMILES string of the molecule is Cn1nccc1N1CCC[C@@H](NC(=O)[C@H]2CCCC(F)(F)C2)C1. The van der Waals surface area contributed by atoms with E-state index in [1.165, 1.54) is 0 Å². The van der Waals surface area contributed by atoms with Gasteiger partial charge in [-0.05, 0) is 25.7 Å². The largest absolute Gasteiger partial charge is 0.355 e. The summed E-state index contributed by atoms with van der Waals surface area (Å²) in [6.07, 6.45) is 4.21. The maximum atomic E-state index is 13.5. The molecule has 3 rings (SSSR count). The van der Waals surface area contributed by atoms with Crippen LogP contribution < -0.4 is 10.2 Å². The van der Waals surface area contributed by atoms with Crippen molar-refractivity contribution in [2.24, 2.45) is 13.0 Å². The Morgan fingerprint density at radius 2 is 2.22 bits per heavy atom. The lowest BCUT2D eigenvalue weighted by Gasteiger charge is -2.36. The average Bonchev–Trinajstić information content (AvgIpc) is 2.92. The molecule has 2 heterocycles. The summed E-state index contributed by atoms with van der Waals surface area (Å²) in [5.74, 6) is -2.42. The van der Waals surface area contributed by atoms with Gasteiger partial charge in [0.25, 0.3) is 0 Å². The Kier molecular flexibility index (Phi) is 4.55. The van der Waals surface area contributed by atoms with Crippen molar-refractivity contribution >= 4 is 11.7 Å². The number of rotatable bonds is 3. The van der Waals surface area contributed by atoms with Crippen LogP contribution in [0.4, 0.5) is 14.6 Å². The third kappa shape index (κ3) is 3.82. The Morgan fingerprint density at radius 1 is 1.39 bits per heavy atom. The second-order valence-electron chi connectivity index (χ2n) is 6.76. The normalized spacial score (nSPS) is 27.7. The van der Waals surface area contributed by atoms with E-state index in [-0.39, 0.29) is 24.8 Å². The van der Waals surface area contributed by atoms with Crippen molar-refractivity contribution in [3.8, 4) is 0 Å². The van der Waals surface area contributed by atoms with Gasteiger partial charge in [-0.15, -0.1) is 0 Å². The van der Waals surface area contributed by atoms with Crippen LogP contribution in [0.15, 0.2) is 12.3 Å². The van der Waals surface area contributed by atoms with E-state index >= 15 is 0 Å². The average molecular weight is 326 g/mol. The molecule has 1 saturated heterocycles. The third-order valence-electron chi connectivity index (χ3n) is 4.90. The first-order valence-corrected chi connectivity index (χ1v) is 8.36. The Balaban J connectivity index is 1.57. The zero-order chi connectivity index (χ0) is 16.4. The number of hydrogen-bond acceptors (Lipinski definition) is 3. The van der Waals surface area contributed by atoms with Gasteiger partial charge < -0.3 is 10.2 Å². The molecule has 1 aliphatic heterocycles. The Labute approximate surface area is 135 Å². The number of aryl methyl sites for hydroxylation is 1. The Hall–Kier alpha value is -1.66. The van der Waals surface area contributed by atoms with Crippen LogP contribution in [-0.2, 0) is 11.8 Å². The molecule has 0 spiro atoms. The van der Waals surface area contributed by atoms with Crippen molar-refractivity contribution in [1.82, 2.24) is 15.1 Å². The van der Waals surface area contributed by atoms with Crippen LogP contribution in [0.2, 0.25) is 0 Å². The maximum Gasteiger partial charge on any atom is 0.248 e. The minimum Gasteiger partial charge on any atom is -0.355 e. The Morgan fingerprint density at radius 3 is 2.91 bits per heavy atom. The van der Waals surface area contributed by atoms with Crippen LogP contribution in [0.25, 0.3) is 0 Å².